The Labute approximate surface area is 158 Å². The van der Waals surface area contributed by atoms with Crippen LogP contribution in [-0.2, 0) is 33.5 Å². The van der Waals surface area contributed by atoms with Crippen LogP contribution in [0.2, 0.25) is 25.7 Å². The Morgan fingerprint density at radius 2 is 1.74 bits per heavy atom. The number of hydroxylamine groups is 2. The molecule has 1 aliphatic heterocycles. The van der Waals surface area contributed by atoms with Gasteiger partial charge in [0.15, 0.2) is 0 Å². The normalized spacial score (nSPS) is 15.3. The first kappa shape index (κ1) is 22.6. The fourth-order valence-corrected chi connectivity index (χ4v) is 2.77. The number of amides is 3. The van der Waals surface area contributed by atoms with Crippen molar-refractivity contribution in [1.29, 1.82) is 0 Å². The third-order valence-electron chi connectivity index (χ3n) is 3.71. The van der Waals surface area contributed by atoms with Crippen molar-refractivity contribution in [2.45, 2.75) is 57.4 Å². The molecule has 0 bridgehead atoms. The van der Waals surface area contributed by atoms with Gasteiger partial charge in [0.25, 0.3) is 11.8 Å². The second-order valence-corrected chi connectivity index (χ2v) is 12.9. The lowest BCUT2D eigenvalue weighted by molar-refractivity contribution is -0.199. The smallest absolute Gasteiger partial charge is 0.407 e. The highest BCUT2D eigenvalue weighted by molar-refractivity contribution is 6.76. The second-order valence-electron chi connectivity index (χ2n) is 7.25. The maximum absolute atomic E-state index is 12.3. The van der Waals surface area contributed by atoms with E-state index in [4.69, 9.17) is 9.57 Å². The highest BCUT2D eigenvalue weighted by atomic mass is 28.3. The van der Waals surface area contributed by atoms with E-state index in [0.29, 0.717) is 5.06 Å². The van der Waals surface area contributed by atoms with E-state index >= 15 is 0 Å². The van der Waals surface area contributed by atoms with Crippen LogP contribution < -0.4 is 5.32 Å². The zero-order chi connectivity index (χ0) is 20.6. The lowest BCUT2D eigenvalue weighted by Gasteiger charge is -2.20. The number of hydrogen-bond acceptors (Lipinski definition) is 8. The van der Waals surface area contributed by atoms with Crippen molar-refractivity contribution >= 4 is 37.9 Å². The van der Waals surface area contributed by atoms with Crippen molar-refractivity contribution in [3.05, 3.63) is 0 Å². The summed E-state index contributed by atoms with van der Waals surface area (Å²) < 4.78 is 9.56. The monoisotopic (exact) mass is 402 g/mol. The van der Waals surface area contributed by atoms with E-state index in [1.54, 1.807) is 0 Å². The number of nitrogens with one attached hydrogen (secondary N) is 1. The number of carbonyl (C=O) groups is 5. The van der Waals surface area contributed by atoms with Crippen LogP contribution in [0.25, 0.3) is 0 Å². The van der Waals surface area contributed by atoms with Crippen LogP contribution in [0.15, 0.2) is 0 Å². The first-order chi connectivity index (χ1) is 12.5. The molecule has 0 radical (unpaired) electrons. The van der Waals surface area contributed by atoms with E-state index in [2.05, 4.69) is 29.7 Å². The molecule has 1 atom stereocenters. The van der Waals surface area contributed by atoms with Crippen molar-refractivity contribution in [2.24, 2.45) is 0 Å². The van der Waals surface area contributed by atoms with Gasteiger partial charge in [-0.15, -0.1) is 5.06 Å². The average molecular weight is 402 g/mol. The molecular weight excluding hydrogens is 376 g/mol. The van der Waals surface area contributed by atoms with Crippen LogP contribution in [0, 0.1) is 0 Å². The van der Waals surface area contributed by atoms with Gasteiger partial charge in [-0.1, -0.05) is 19.6 Å². The molecule has 0 spiro atoms. The summed E-state index contributed by atoms with van der Waals surface area (Å²) >= 11 is 0. The number of esters is 1. The molecule has 10 nitrogen and oxygen atoms in total. The van der Waals surface area contributed by atoms with E-state index in [9.17, 15) is 24.0 Å². The summed E-state index contributed by atoms with van der Waals surface area (Å²) in [5.74, 6) is -2.91. The number of methoxy groups -OCH3 is 1. The van der Waals surface area contributed by atoms with Crippen molar-refractivity contribution in [1.82, 2.24) is 10.4 Å². The summed E-state index contributed by atoms with van der Waals surface area (Å²) in [7, 11) is -0.211. The van der Waals surface area contributed by atoms with Gasteiger partial charge < -0.3 is 19.6 Å². The van der Waals surface area contributed by atoms with Gasteiger partial charge in [0, 0.05) is 27.3 Å². The van der Waals surface area contributed by atoms with Gasteiger partial charge in [0.05, 0.1) is 13.7 Å². The largest absolute Gasteiger partial charge is 0.469 e. The molecule has 1 N–H and O–H groups in total. The van der Waals surface area contributed by atoms with Crippen LogP contribution in [0.3, 0.4) is 0 Å². The highest BCUT2D eigenvalue weighted by Crippen LogP contribution is 2.14. The standard InChI is InChI=1S/C16H26N2O8Si/c1-24-14(21)8-5-11(17-16(23)25-9-10-27(2,3)4)15(22)26-18-12(19)6-7-13(18)20/h11H,5-10H2,1-4H3,(H,17,23)/t11-/m0/s1. The molecule has 0 saturated carbocycles. The number of hydrogen-bond donors (Lipinski definition) is 1. The summed E-state index contributed by atoms with van der Waals surface area (Å²) in [6.07, 6.45) is -1.26. The van der Waals surface area contributed by atoms with Crippen molar-refractivity contribution in [2.75, 3.05) is 13.7 Å². The Bertz CT molecular complexity index is 586. The highest BCUT2D eigenvalue weighted by Gasteiger charge is 2.35. The zero-order valence-corrected chi connectivity index (χ0v) is 17.0. The van der Waals surface area contributed by atoms with Gasteiger partial charge >= 0.3 is 18.0 Å². The van der Waals surface area contributed by atoms with E-state index < -0.39 is 44.0 Å². The van der Waals surface area contributed by atoms with E-state index in [1.165, 1.54) is 7.11 Å². The molecule has 152 valence electrons. The zero-order valence-electron chi connectivity index (χ0n) is 16.0. The quantitative estimate of drug-likeness (QED) is 0.343. The molecule has 1 saturated heterocycles. The molecule has 1 aliphatic rings. The first-order valence-corrected chi connectivity index (χ1v) is 12.3. The summed E-state index contributed by atoms with van der Waals surface area (Å²) in [5, 5.41) is 2.69. The second kappa shape index (κ2) is 10.0. The van der Waals surface area contributed by atoms with Crippen LogP contribution in [0.4, 0.5) is 4.79 Å². The van der Waals surface area contributed by atoms with Gasteiger partial charge in [-0.3, -0.25) is 14.4 Å². The number of nitrogens with zero attached hydrogens (tertiary/aromatic N) is 1. The van der Waals surface area contributed by atoms with Crippen LogP contribution >= 0.6 is 0 Å². The topological polar surface area (TPSA) is 128 Å². The number of rotatable bonds is 9. The van der Waals surface area contributed by atoms with Gasteiger partial charge in [0.1, 0.15) is 6.04 Å². The molecule has 0 aliphatic carbocycles. The lowest BCUT2D eigenvalue weighted by atomic mass is 10.1. The SMILES string of the molecule is COC(=O)CC[C@H](NC(=O)OCC[Si](C)(C)C)C(=O)ON1C(=O)CCC1=O. The minimum absolute atomic E-state index is 0.0505. The maximum Gasteiger partial charge on any atom is 0.407 e. The van der Waals surface area contributed by atoms with Gasteiger partial charge in [-0.25, -0.2) is 9.59 Å². The summed E-state index contributed by atoms with van der Waals surface area (Å²) in [4.78, 5) is 63.5. The van der Waals surface area contributed by atoms with Crippen LogP contribution in [-0.4, -0.2) is 62.7 Å². The predicted octanol–water partition coefficient (Wildman–Crippen LogP) is 0.980. The molecule has 27 heavy (non-hydrogen) atoms. The third-order valence-corrected chi connectivity index (χ3v) is 5.42. The molecule has 1 fully saturated rings. The summed E-state index contributed by atoms with van der Waals surface area (Å²) in [6.45, 7) is 6.56. The van der Waals surface area contributed by atoms with Gasteiger partial charge in [-0.05, 0) is 12.5 Å². The number of imide groups is 1. The molecule has 1 rings (SSSR count). The Kier molecular flexibility index (Phi) is 8.41. The molecule has 0 unspecified atom stereocenters. The first-order valence-electron chi connectivity index (χ1n) is 8.61. The molecule has 0 aromatic carbocycles. The fraction of sp³-hybridized carbons (Fsp3) is 0.688. The van der Waals surface area contributed by atoms with Gasteiger partial charge in [0.2, 0.25) is 0 Å². The van der Waals surface area contributed by atoms with Crippen molar-refractivity contribution in [3.8, 4) is 0 Å². The van der Waals surface area contributed by atoms with E-state index in [-0.39, 0.29) is 32.3 Å². The molecular formula is C16H26N2O8Si. The minimum atomic E-state index is -1.40. The Morgan fingerprint density at radius 1 is 1.15 bits per heavy atom. The Hall–Kier alpha value is -2.43. The maximum atomic E-state index is 12.3. The number of alkyl carbamates (subject to hydrolysis) is 1. The number of carbonyl (C=O) groups excluding carboxylic acids is 5. The predicted molar refractivity (Wildman–Crippen MR) is 94.9 cm³/mol. The Morgan fingerprint density at radius 3 is 2.26 bits per heavy atom. The molecule has 11 heteroatoms. The van der Waals surface area contributed by atoms with Crippen LogP contribution in [0.5, 0.6) is 0 Å². The summed E-state index contributed by atoms with van der Waals surface area (Å²) in [5.41, 5.74) is 0. The van der Waals surface area contributed by atoms with Crippen molar-refractivity contribution < 1.29 is 38.3 Å². The lowest BCUT2D eigenvalue weighted by Crippen LogP contribution is -2.46. The Balaban J connectivity index is 2.66. The molecule has 0 aromatic rings. The van der Waals surface area contributed by atoms with Gasteiger partial charge in [-0.2, -0.15) is 0 Å². The average Bonchev–Trinajstić information content (AvgIpc) is 2.88. The molecule has 3 amide bonds. The minimum Gasteiger partial charge on any atom is -0.469 e. The summed E-state index contributed by atoms with van der Waals surface area (Å²) in [6, 6.07) is -0.529. The fourth-order valence-electron chi connectivity index (χ4n) is 2.06. The van der Waals surface area contributed by atoms with Crippen molar-refractivity contribution in [3.63, 3.8) is 0 Å². The van der Waals surface area contributed by atoms with E-state index in [0.717, 1.165) is 6.04 Å². The third kappa shape index (κ3) is 8.20. The van der Waals surface area contributed by atoms with Crippen LogP contribution in [0.1, 0.15) is 25.7 Å². The molecule has 0 aromatic heterocycles. The van der Waals surface area contributed by atoms with E-state index in [1.807, 2.05) is 0 Å². The number of ether oxygens (including phenoxy) is 2. The molecule has 1 heterocycles.